The van der Waals surface area contributed by atoms with E-state index in [-0.39, 0.29) is 11.9 Å². The molecule has 25 heavy (non-hydrogen) atoms. The van der Waals surface area contributed by atoms with Crippen LogP contribution in [0.3, 0.4) is 0 Å². The van der Waals surface area contributed by atoms with Gasteiger partial charge in [0, 0.05) is 13.5 Å². The average Bonchev–Trinajstić information content (AvgIpc) is 2.66. The highest BCUT2D eigenvalue weighted by Gasteiger charge is 2.21. The number of benzene rings is 2. The van der Waals surface area contributed by atoms with Crippen molar-refractivity contribution in [1.82, 2.24) is 4.90 Å². The number of carbonyl (C=O) groups excluding carboxylic acids is 1. The molecule has 0 spiro atoms. The fraction of sp³-hybridized carbons (Fsp3) is 0.318. The van der Waals surface area contributed by atoms with Gasteiger partial charge in [-0.1, -0.05) is 54.6 Å². The lowest BCUT2D eigenvalue weighted by molar-refractivity contribution is -0.131. The van der Waals surface area contributed by atoms with Crippen LogP contribution in [0.15, 0.2) is 60.7 Å². The molecule has 0 aromatic heterocycles. The van der Waals surface area contributed by atoms with Crippen molar-refractivity contribution in [3.63, 3.8) is 0 Å². The van der Waals surface area contributed by atoms with Crippen molar-refractivity contribution in [1.29, 1.82) is 0 Å². The van der Waals surface area contributed by atoms with Gasteiger partial charge in [0.15, 0.2) is 0 Å². The normalized spacial score (nSPS) is 17.6. The summed E-state index contributed by atoms with van der Waals surface area (Å²) in [5.41, 5.74) is 2.25. The van der Waals surface area contributed by atoms with Gasteiger partial charge in [0.2, 0.25) is 5.91 Å². The van der Waals surface area contributed by atoms with Gasteiger partial charge < -0.3 is 9.64 Å². The standard InChI is InChI=1S/C22H25NO2/c1-18(24)23-15-6-5-11-21(23)14-13-19-10-7-12-22(16-19)25-17-20-8-3-2-4-9-20/h2-4,7-10,12-14,16,21H,5-6,11,15,17H2,1H3/b14-13+. The smallest absolute Gasteiger partial charge is 0.219 e. The highest BCUT2D eigenvalue weighted by atomic mass is 16.5. The van der Waals surface area contributed by atoms with E-state index >= 15 is 0 Å². The van der Waals surface area contributed by atoms with Crippen LogP contribution in [0.5, 0.6) is 5.75 Å². The van der Waals surface area contributed by atoms with Crippen molar-refractivity contribution < 1.29 is 9.53 Å². The Kier molecular flexibility index (Phi) is 5.89. The Bertz CT molecular complexity index is 724. The van der Waals surface area contributed by atoms with E-state index in [4.69, 9.17) is 4.74 Å². The first-order chi connectivity index (χ1) is 12.2. The lowest BCUT2D eigenvalue weighted by Crippen LogP contribution is -2.41. The number of amides is 1. The van der Waals surface area contributed by atoms with E-state index in [9.17, 15) is 4.79 Å². The van der Waals surface area contributed by atoms with Crippen LogP contribution < -0.4 is 4.74 Å². The van der Waals surface area contributed by atoms with E-state index in [2.05, 4.69) is 30.4 Å². The van der Waals surface area contributed by atoms with Crippen LogP contribution in [-0.4, -0.2) is 23.4 Å². The van der Waals surface area contributed by atoms with E-state index < -0.39 is 0 Å². The zero-order valence-electron chi connectivity index (χ0n) is 14.7. The molecule has 0 saturated carbocycles. The van der Waals surface area contributed by atoms with Gasteiger partial charge in [0.25, 0.3) is 0 Å². The maximum atomic E-state index is 11.8. The molecule has 0 bridgehead atoms. The summed E-state index contributed by atoms with van der Waals surface area (Å²) in [5, 5.41) is 0. The van der Waals surface area contributed by atoms with Crippen LogP contribution in [0.1, 0.15) is 37.3 Å². The van der Waals surface area contributed by atoms with Crippen LogP contribution in [0.25, 0.3) is 6.08 Å². The summed E-state index contributed by atoms with van der Waals surface area (Å²) < 4.78 is 5.89. The minimum Gasteiger partial charge on any atom is -0.489 e. The summed E-state index contributed by atoms with van der Waals surface area (Å²) in [6.45, 7) is 3.09. The lowest BCUT2D eigenvalue weighted by atomic mass is 10.0. The highest BCUT2D eigenvalue weighted by Crippen LogP contribution is 2.21. The molecule has 1 aliphatic heterocycles. The number of likely N-dealkylation sites (tertiary alicyclic amines) is 1. The maximum absolute atomic E-state index is 11.8. The third kappa shape index (κ3) is 4.96. The first-order valence-electron chi connectivity index (χ1n) is 8.94. The summed E-state index contributed by atoms with van der Waals surface area (Å²) >= 11 is 0. The number of rotatable bonds is 5. The zero-order chi connectivity index (χ0) is 17.5. The molecule has 1 aliphatic rings. The Hall–Kier alpha value is -2.55. The molecule has 3 rings (SSSR count). The molecule has 1 atom stereocenters. The van der Waals surface area contributed by atoms with Gasteiger partial charge in [0.05, 0.1) is 6.04 Å². The molecule has 1 heterocycles. The SMILES string of the molecule is CC(=O)N1CCCCC1/C=C/c1cccc(OCc2ccccc2)c1. The van der Waals surface area contributed by atoms with Crippen molar-refractivity contribution in [2.45, 2.75) is 38.8 Å². The summed E-state index contributed by atoms with van der Waals surface area (Å²) in [5.74, 6) is 1.02. The second-order valence-corrected chi connectivity index (χ2v) is 6.48. The van der Waals surface area contributed by atoms with Gasteiger partial charge in [0.1, 0.15) is 12.4 Å². The van der Waals surface area contributed by atoms with Crippen LogP contribution in [0.2, 0.25) is 0 Å². The van der Waals surface area contributed by atoms with Crippen molar-refractivity contribution in [2.24, 2.45) is 0 Å². The lowest BCUT2D eigenvalue weighted by Gasteiger charge is -2.33. The van der Waals surface area contributed by atoms with E-state index in [1.165, 1.54) is 6.42 Å². The number of carbonyl (C=O) groups is 1. The van der Waals surface area contributed by atoms with E-state index in [0.717, 1.165) is 36.3 Å². The molecule has 1 unspecified atom stereocenters. The fourth-order valence-electron chi connectivity index (χ4n) is 3.22. The van der Waals surface area contributed by atoms with Gasteiger partial charge in [-0.05, 0) is 42.5 Å². The largest absolute Gasteiger partial charge is 0.489 e. The topological polar surface area (TPSA) is 29.5 Å². The van der Waals surface area contributed by atoms with Crippen LogP contribution in [-0.2, 0) is 11.4 Å². The summed E-state index contributed by atoms with van der Waals surface area (Å²) in [6, 6.07) is 18.4. The molecule has 1 saturated heterocycles. The molecule has 0 aliphatic carbocycles. The van der Waals surface area contributed by atoms with Crippen molar-refractivity contribution in [3.05, 3.63) is 71.8 Å². The molecule has 2 aromatic rings. The maximum Gasteiger partial charge on any atom is 0.219 e. The molecular formula is C22H25NO2. The summed E-state index contributed by atoms with van der Waals surface area (Å²) in [6.07, 6.45) is 7.57. The number of ether oxygens (including phenoxy) is 1. The first-order valence-corrected chi connectivity index (χ1v) is 8.94. The monoisotopic (exact) mass is 335 g/mol. The Balaban J connectivity index is 1.63. The molecule has 1 fully saturated rings. The Morgan fingerprint density at radius 3 is 2.80 bits per heavy atom. The average molecular weight is 335 g/mol. The van der Waals surface area contributed by atoms with Crippen molar-refractivity contribution in [2.75, 3.05) is 6.54 Å². The summed E-state index contributed by atoms with van der Waals surface area (Å²) in [7, 11) is 0. The predicted octanol–water partition coefficient (Wildman–Crippen LogP) is 4.68. The molecule has 0 N–H and O–H groups in total. The molecule has 0 radical (unpaired) electrons. The molecule has 130 valence electrons. The van der Waals surface area contributed by atoms with Gasteiger partial charge in [-0.3, -0.25) is 4.79 Å². The van der Waals surface area contributed by atoms with Gasteiger partial charge >= 0.3 is 0 Å². The quantitative estimate of drug-likeness (QED) is 0.794. The predicted molar refractivity (Wildman–Crippen MR) is 101 cm³/mol. The third-order valence-corrected chi connectivity index (χ3v) is 4.57. The van der Waals surface area contributed by atoms with E-state index in [1.54, 1.807) is 6.92 Å². The molecule has 3 heteroatoms. The Labute approximate surface area is 149 Å². The van der Waals surface area contributed by atoms with Crippen LogP contribution in [0.4, 0.5) is 0 Å². The number of hydrogen-bond donors (Lipinski definition) is 0. The van der Waals surface area contributed by atoms with E-state index in [1.807, 2.05) is 41.3 Å². The Morgan fingerprint density at radius 2 is 2.00 bits per heavy atom. The Morgan fingerprint density at radius 1 is 1.16 bits per heavy atom. The molecule has 3 nitrogen and oxygen atoms in total. The third-order valence-electron chi connectivity index (χ3n) is 4.57. The minimum atomic E-state index is 0.161. The zero-order valence-corrected chi connectivity index (χ0v) is 14.7. The fourth-order valence-corrected chi connectivity index (χ4v) is 3.22. The van der Waals surface area contributed by atoms with Crippen molar-refractivity contribution in [3.8, 4) is 5.75 Å². The number of piperidine rings is 1. The second kappa shape index (κ2) is 8.52. The van der Waals surface area contributed by atoms with Gasteiger partial charge in [-0.25, -0.2) is 0 Å². The van der Waals surface area contributed by atoms with Crippen LogP contribution in [0, 0.1) is 0 Å². The first kappa shape index (κ1) is 17.3. The van der Waals surface area contributed by atoms with Crippen LogP contribution >= 0.6 is 0 Å². The van der Waals surface area contributed by atoms with Crippen molar-refractivity contribution >= 4 is 12.0 Å². The highest BCUT2D eigenvalue weighted by molar-refractivity contribution is 5.74. The van der Waals surface area contributed by atoms with Gasteiger partial charge in [-0.2, -0.15) is 0 Å². The molecule has 1 amide bonds. The number of nitrogens with zero attached hydrogens (tertiary/aromatic N) is 1. The van der Waals surface area contributed by atoms with Gasteiger partial charge in [-0.15, -0.1) is 0 Å². The second-order valence-electron chi connectivity index (χ2n) is 6.48. The molecular weight excluding hydrogens is 310 g/mol. The van der Waals surface area contributed by atoms with E-state index in [0.29, 0.717) is 6.61 Å². The number of hydrogen-bond acceptors (Lipinski definition) is 2. The molecule has 2 aromatic carbocycles. The minimum absolute atomic E-state index is 0.161. The summed E-state index contributed by atoms with van der Waals surface area (Å²) in [4.78, 5) is 13.7.